The molecule has 0 aliphatic carbocycles. The number of nitrogens with one attached hydrogen (secondary N) is 3. The van der Waals surface area contributed by atoms with Crippen LogP contribution >= 0.6 is 0 Å². The molecule has 1 atom stereocenters. The summed E-state index contributed by atoms with van der Waals surface area (Å²) in [6.45, 7) is 2.97. The highest BCUT2D eigenvalue weighted by atomic mass is 19.1. The van der Waals surface area contributed by atoms with Gasteiger partial charge in [-0.25, -0.2) is 14.2 Å². The Morgan fingerprint density at radius 3 is 2.69 bits per heavy atom. The van der Waals surface area contributed by atoms with Crippen LogP contribution in [0.5, 0.6) is 0 Å². The molecule has 148 valence electrons. The highest BCUT2D eigenvalue weighted by Gasteiger charge is 2.24. The average Bonchev–Trinajstić information content (AvgIpc) is 3.15. The van der Waals surface area contributed by atoms with E-state index in [0.29, 0.717) is 36.5 Å². The number of halogens is 1. The Labute approximate surface area is 166 Å². The Morgan fingerprint density at radius 2 is 2.00 bits per heavy atom. The summed E-state index contributed by atoms with van der Waals surface area (Å²) in [5.41, 5.74) is 0.878. The summed E-state index contributed by atoms with van der Waals surface area (Å²) in [4.78, 5) is 30.8. The summed E-state index contributed by atoms with van der Waals surface area (Å²) < 4.78 is 13.2. The minimum Gasteiger partial charge on any atom is -0.348 e. The zero-order chi connectivity index (χ0) is 20.2. The Morgan fingerprint density at radius 1 is 1.17 bits per heavy atom. The number of rotatable bonds is 6. The van der Waals surface area contributed by atoms with E-state index in [0.717, 1.165) is 5.56 Å². The van der Waals surface area contributed by atoms with Crippen molar-refractivity contribution in [2.45, 2.75) is 13.0 Å². The predicted molar refractivity (Wildman–Crippen MR) is 107 cm³/mol. The van der Waals surface area contributed by atoms with Gasteiger partial charge >= 0.3 is 6.03 Å². The molecule has 3 heterocycles. The molecule has 1 aromatic carbocycles. The van der Waals surface area contributed by atoms with E-state index in [4.69, 9.17) is 0 Å². The van der Waals surface area contributed by atoms with Crippen molar-refractivity contribution < 1.29 is 9.18 Å². The third kappa shape index (κ3) is 4.37. The minimum atomic E-state index is -0.297. The van der Waals surface area contributed by atoms with Crippen molar-refractivity contribution in [2.24, 2.45) is 0 Å². The number of benzene rings is 1. The van der Waals surface area contributed by atoms with E-state index < -0.39 is 0 Å². The Kier molecular flexibility index (Phi) is 5.14. The van der Waals surface area contributed by atoms with Crippen LogP contribution in [0.15, 0.2) is 48.9 Å². The van der Waals surface area contributed by atoms with Crippen LogP contribution in [0, 0.1) is 5.82 Å². The molecule has 1 fully saturated rings. The van der Waals surface area contributed by atoms with E-state index in [-0.39, 0.29) is 17.9 Å². The van der Waals surface area contributed by atoms with Crippen LogP contribution in [-0.4, -0.2) is 39.1 Å². The first-order chi connectivity index (χ1) is 14.1. The largest absolute Gasteiger partial charge is 0.348 e. The molecule has 0 spiro atoms. The van der Waals surface area contributed by atoms with Gasteiger partial charge in [0, 0.05) is 31.5 Å². The molecule has 29 heavy (non-hydrogen) atoms. The molecule has 0 radical (unpaired) electrons. The van der Waals surface area contributed by atoms with E-state index in [1.165, 1.54) is 17.0 Å². The van der Waals surface area contributed by atoms with E-state index >= 15 is 0 Å². The number of aromatic nitrogens is 4. The third-order valence-electron chi connectivity index (χ3n) is 4.38. The molecule has 1 unspecified atom stereocenters. The second-order valence-corrected chi connectivity index (χ2v) is 6.45. The van der Waals surface area contributed by atoms with Gasteiger partial charge in [0.05, 0.1) is 12.2 Å². The maximum atomic E-state index is 13.2. The van der Waals surface area contributed by atoms with Gasteiger partial charge in [-0.1, -0.05) is 12.1 Å². The van der Waals surface area contributed by atoms with E-state index in [1.807, 2.05) is 6.92 Å². The van der Waals surface area contributed by atoms with Gasteiger partial charge < -0.3 is 16.0 Å². The second kappa shape index (κ2) is 8.05. The van der Waals surface area contributed by atoms with Crippen molar-refractivity contribution in [3.63, 3.8) is 0 Å². The van der Waals surface area contributed by atoms with Gasteiger partial charge in [-0.15, -0.1) is 0 Å². The lowest BCUT2D eigenvalue weighted by atomic mass is 10.1. The number of urea groups is 1. The summed E-state index contributed by atoms with van der Waals surface area (Å²) in [6.07, 6.45) is 4.70. The van der Waals surface area contributed by atoms with Gasteiger partial charge in [0.1, 0.15) is 23.3 Å². The predicted octanol–water partition coefficient (Wildman–Crippen LogP) is 2.85. The second-order valence-electron chi connectivity index (χ2n) is 6.45. The number of carbonyl (C=O) groups excluding carboxylic acids is 1. The van der Waals surface area contributed by atoms with Gasteiger partial charge in [0.2, 0.25) is 5.95 Å². The third-order valence-corrected chi connectivity index (χ3v) is 4.38. The molecule has 9 nitrogen and oxygen atoms in total. The molecule has 2 aromatic heterocycles. The summed E-state index contributed by atoms with van der Waals surface area (Å²) >= 11 is 0. The van der Waals surface area contributed by atoms with Gasteiger partial charge in [-0.3, -0.25) is 9.88 Å². The fraction of sp³-hybridized carbons (Fsp3) is 0.211. The van der Waals surface area contributed by atoms with Crippen molar-refractivity contribution in [1.82, 2.24) is 25.3 Å². The summed E-state index contributed by atoms with van der Waals surface area (Å²) in [5.74, 6) is 1.46. The number of nitrogens with zero attached hydrogens (tertiary/aromatic N) is 5. The highest BCUT2D eigenvalue weighted by molar-refractivity contribution is 5.93. The van der Waals surface area contributed by atoms with Crippen LogP contribution in [-0.2, 0) is 0 Å². The molecule has 2 amide bonds. The lowest BCUT2D eigenvalue weighted by Gasteiger charge is -2.19. The lowest BCUT2D eigenvalue weighted by molar-refractivity contribution is 0.252. The van der Waals surface area contributed by atoms with Crippen molar-refractivity contribution in [3.8, 4) is 0 Å². The first kappa shape index (κ1) is 18.5. The highest BCUT2D eigenvalue weighted by Crippen LogP contribution is 2.24. The van der Waals surface area contributed by atoms with E-state index in [9.17, 15) is 9.18 Å². The van der Waals surface area contributed by atoms with Crippen LogP contribution in [0.4, 0.5) is 32.6 Å². The fourth-order valence-electron chi connectivity index (χ4n) is 2.91. The average molecular weight is 394 g/mol. The number of anilines is 4. The van der Waals surface area contributed by atoms with Crippen LogP contribution in [0.25, 0.3) is 0 Å². The van der Waals surface area contributed by atoms with Crippen molar-refractivity contribution in [3.05, 3.63) is 60.3 Å². The molecule has 1 aliphatic heterocycles. The number of carbonyl (C=O) groups is 1. The van der Waals surface area contributed by atoms with Crippen molar-refractivity contribution in [1.29, 1.82) is 0 Å². The normalized spacial score (nSPS) is 14.4. The molecular weight excluding hydrogens is 375 g/mol. The first-order valence-corrected chi connectivity index (χ1v) is 9.08. The minimum absolute atomic E-state index is 0.178. The molecule has 4 rings (SSSR count). The van der Waals surface area contributed by atoms with Gasteiger partial charge in [0.25, 0.3) is 0 Å². The van der Waals surface area contributed by atoms with Gasteiger partial charge in [0.15, 0.2) is 0 Å². The van der Waals surface area contributed by atoms with E-state index in [1.54, 1.807) is 36.8 Å². The van der Waals surface area contributed by atoms with Gasteiger partial charge in [-0.05, 0) is 24.6 Å². The molecule has 3 aromatic rings. The van der Waals surface area contributed by atoms with Crippen molar-refractivity contribution in [2.75, 3.05) is 28.6 Å². The number of hydrogen-bond donors (Lipinski definition) is 3. The maximum Gasteiger partial charge on any atom is 0.323 e. The number of hydrogen-bond acceptors (Lipinski definition) is 7. The summed E-state index contributed by atoms with van der Waals surface area (Å²) in [5, 5.41) is 9.03. The lowest BCUT2D eigenvalue weighted by Crippen LogP contribution is -2.29. The Bertz CT molecular complexity index is 999. The molecule has 0 bridgehead atoms. The zero-order valence-corrected chi connectivity index (χ0v) is 15.6. The standard InChI is InChI=1S/C19H19FN8O/c1-12(13-2-4-14(20)5-3-13)24-18-26-15(25-16-11-21-6-7-22-16)10-17(27-18)28-9-8-23-19(28)29/h2-7,10-12H,8-9H2,1H3,(H,23,29)(H2,22,24,25,26,27). The molecule has 10 heteroatoms. The van der Waals surface area contributed by atoms with Crippen molar-refractivity contribution >= 4 is 29.4 Å². The number of amides is 2. The molecule has 3 N–H and O–H groups in total. The smallest absolute Gasteiger partial charge is 0.323 e. The van der Waals surface area contributed by atoms with Gasteiger partial charge in [-0.2, -0.15) is 9.97 Å². The van der Waals surface area contributed by atoms with Crippen LogP contribution in [0.2, 0.25) is 0 Å². The SMILES string of the molecule is CC(Nc1nc(Nc2cnccn2)cc(N2CCNC2=O)n1)c1ccc(F)cc1. The quantitative estimate of drug-likeness (QED) is 0.590. The zero-order valence-electron chi connectivity index (χ0n) is 15.6. The van der Waals surface area contributed by atoms with Crippen LogP contribution in [0.3, 0.4) is 0 Å². The topological polar surface area (TPSA) is 108 Å². The van der Waals surface area contributed by atoms with E-state index in [2.05, 4.69) is 35.9 Å². The Balaban J connectivity index is 1.63. The molecule has 1 aliphatic rings. The van der Waals surface area contributed by atoms with Crippen LogP contribution in [0.1, 0.15) is 18.5 Å². The molecular formula is C19H19FN8O. The Hall–Kier alpha value is -3.82. The fourth-order valence-corrected chi connectivity index (χ4v) is 2.91. The van der Waals surface area contributed by atoms with Crippen LogP contribution < -0.4 is 20.9 Å². The summed E-state index contributed by atoms with van der Waals surface area (Å²) in [6, 6.07) is 7.48. The molecule has 1 saturated heterocycles. The summed E-state index contributed by atoms with van der Waals surface area (Å²) in [7, 11) is 0. The first-order valence-electron chi connectivity index (χ1n) is 9.08. The molecule has 0 saturated carbocycles. The maximum absolute atomic E-state index is 13.2. The monoisotopic (exact) mass is 394 g/mol.